The Kier molecular flexibility index (Phi) is 4.02. The van der Waals surface area contributed by atoms with E-state index in [4.69, 9.17) is 4.74 Å². The molecule has 4 heteroatoms. The molecule has 4 nitrogen and oxygen atoms in total. The monoisotopic (exact) mass is 271 g/mol. The first-order valence-electron chi connectivity index (χ1n) is 7.23. The van der Waals surface area contributed by atoms with Gasteiger partial charge < -0.3 is 15.4 Å². The molecule has 0 amide bonds. The lowest BCUT2D eigenvalue weighted by molar-refractivity contribution is 0.414. The molecule has 1 aliphatic heterocycles. The largest absolute Gasteiger partial charge is 0.497 e. The molecule has 1 aromatic carbocycles. The SMILES string of the molecule is COc1ccc2c(c1)CCC1=C2NCCNCCN=C1. The summed E-state index contributed by atoms with van der Waals surface area (Å²) in [6.07, 6.45) is 4.14. The van der Waals surface area contributed by atoms with Gasteiger partial charge in [-0.1, -0.05) is 0 Å². The lowest BCUT2D eigenvalue weighted by Crippen LogP contribution is -2.30. The molecule has 0 bridgehead atoms. The van der Waals surface area contributed by atoms with Crippen LogP contribution >= 0.6 is 0 Å². The molecule has 0 atom stereocenters. The Labute approximate surface area is 119 Å². The van der Waals surface area contributed by atoms with Gasteiger partial charge in [0, 0.05) is 37.1 Å². The zero-order valence-electron chi connectivity index (χ0n) is 11.9. The molecule has 1 aromatic rings. The molecule has 3 rings (SSSR count). The number of benzene rings is 1. The highest BCUT2D eigenvalue weighted by molar-refractivity contribution is 5.92. The lowest BCUT2D eigenvalue weighted by atomic mass is 9.89. The summed E-state index contributed by atoms with van der Waals surface area (Å²) in [5.41, 5.74) is 5.21. The zero-order chi connectivity index (χ0) is 13.8. The number of allylic oxidation sites excluding steroid dienone is 1. The van der Waals surface area contributed by atoms with Crippen molar-refractivity contribution in [2.24, 2.45) is 4.99 Å². The van der Waals surface area contributed by atoms with Crippen molar-refractivity contribution in [2.45, 2.75) is 12.8 Å². The van der Waals surface area contributed by atoms with Crippen LogP contribution in [0.3, 0.4) is 0 Å². The summed E-state index contributed by atoms with van der Waals surface area (Å²) in [5.74, 6) is 0.933. The Bertz CT molecular complexity index is 549. The summed E-state index contributed by atoms with van der Waals surface area (Å²) >= 11 is 0. The maximum atomic E-state index is 5.32. The number of nitrogens with zero attached hydrogens (tertiary/aromatic N) is 1. The number of rotatable bonds is 1. The van der Waals surface area contributed by atoms with E-state index in [9.17, 15) is 0 Å². The first kappa shape index (κ1) is 13.2. The van der Waals surface area contributed by atoms with Gasteiger partial charge in [-0.2, -0.15) is 0 Å². The van der Waals surface area contributed by atoms with Crippen molar-refractivity contribution in [3.8, 4) is 5.75 Å². The van der Waals surface area contributed by atoms with Crippen LogP contribution in [-0.2, 0) is 6.42 Å². The average Bonchev–Trinajstić information content (AvgIpc) is 2.51. The van der Waals surface area contributed by atoms with Crippen LogP contribution in [-0.4, -0.2) is 39.5 Å². The highest BCUT2D eigenvalue weighted by Crippen LogP contribution is 2.31. The van der Waals surface area contributed by atoms with E-state index >= 15 is 0 Å². The second kappa shape index (κ2) is 6.09. The highest BCUT2D eigenvalue weighted by Gasteiger charge is 2.18. The van der Waals surface area contributed by atoms with E-state index in [1.165, 1.54) is 22.4 Å². The van der Waals surface area contributed by atoms with Crippen molar-refractivity contribution in [1.29, 1.82) is 0 Å². The number of nitrogens with one attached hydrogen (secondary N) is 2. The molecule has 1 heterocycles. The maximum Gasteiger partial charge on any atom is 0.119 e. The number of hydrogen-bond acceptors (Lipinski definition) is 4. The number of hydrogen-bond donors (Lipinski definition) is 2. The number of methoxy groups -OCH3 is 1. The molecule has 0 saturated heterocycles. The van der Waals surface area contributed by atoms with Gasteiger partial charge >= 0.3 is 0 Å². The number of ether oxygens (including phenoxy) is 1. The van der Waals surface area contributed by atoms with Gasteiger partial charge in [-0.15, -0.1) is 0 Å². The van der Waals surface area contributed by atoms with E-state index in [-0.39, 0.29) is 0 Å². The molecule has 2 N–H and O–H groups in total. The molecule has 0 spiro atoms. The van der Waals surface area contributed by atoms with Crippen LogP contribution in [0.1, 0.15) is 17.5 Å². The van der Waals surface area contributed by atoms with Gasteiger partial charge in [0.25, 0.3) is 0 Å². The van der Waals surface area contributed by atoms with E-state index in [2.05, 4.69) is 27.8 Å². The first-order chi connectivity index (χ1) is 9.88. The van der Waals surface area contributed by atoms with Crippen molar-refractivity contribution >= 4 is 11.9 Å². The highest BCUT2D eigenvalue weighted by atomic mass is 16.5. The third-order valence-corrected chi connectivity index (χ3v) is 3.83. The fourth-order valence-electron chi connectivity index (χ4n) is 2.77. The van der Waals surface area contributed by atoms with Crippen LogP contribution < -0.4 is 15.4 Å². The van der Waals surface area contributed by atoms with E-state index in [0.29, 0.717) is 0 Å². The molecule has 0 aromatic heterocycles. The molecule has 0 saturated carbocycles. The van der Waals surface area contributed by atoms with Crippen molar-refractivity contribution in [2.75, 3.05) is 33.3 Å². The van der Waals surface area contributed by atoms with E-state index < -0.39 is 0 Å². The van der Waals surface area contributed by atoms with Crippen molar-refractivity contribution in [3.63, 3.8) is 0 Å². The van der Waals surface area contributed by atoms with Crippen molar-refractivity contribution < 1.29 is 4.74 Å². The quantitative estimate of drug-likeness (QED) is 0.816. The lowest BCUT2D eigenvalue weighted by Gasteiger charge is -2.24. The zero-order valence-corrected chi connectivity index (χ0v) is 11.9. The Morgan fingerprint density at radius 3 is 3.00 bits per heavy atom. The third-order valence-electron chi connectivity index (χ3n) is 3.83. The van der Waals surface area contributed by atoms with Crippen LogP contribution in [0.5, 0.6) is 5.75 Å². The van der Waals surface area contributed by atoms with E-state index in [1.807, 2.05) is 12.3 Å². The Morgan fingerprint density at radius 1 is 1.15 bits per heavy atom. The second-order valence-corrected chi connectivity index (χ2v) is 5.14. The standard InChI is InChI=1S/C16H21N3O/c1-20-14-4-5-15-12(10-14)2-3-13-11-18-7-6-17-8-9-19-16(13)15/h4-5,10-11,17,19H,2-3,6-9H2,1H3. The Hall–Kier alpha value is -1.81. The molecule has 1 aliphatic carbocycles. The number of fused-ring (bicyclic) bond motifs is 2. The summed E-state index contributed by atoms with van der Waals surface area (Å²) in [6.45, 7) is 3.72. The van der Waals surface area contributed by atoms with Gasteiger partial charge in [-0.25, -0.2) is 0 Å². The Morgan fingerprint density at radius 2 is 2.10 bits per heavy atom. The topological polar surface area (TPSA) is 45.6 Å². The first-order valence-corrected chi connectivity index (χ1v) is 7.23. The van der Waals surface area contributed by atoms with Crippen LogP contribution in [0.2, 0.25) is 0 Å². The predicted molar refractivity (Wildman–Crippen MR) is 82.5 cm³/mol. The van der Waals surface area contributed by atoms with Crippen LogP contribution in [0.15, 0.2) is 28.8 Å². The number of aliphatic imine (C=N–C) groups is 1. The smallest absolute Gasteiger partial charge is 0.119 e. The minimum Gasteiger partial charge on any atom is -0.497 e. The van der Waals surface area contributed by atoms with Gasteiger partial charge in [0.2, 0.25) is 0 Å². The Balaban J connectivity index is 1.98. The summed E-state index contributed by atoms with van der Waals surface area (Å²) in [4.78, 5) is 4.51. The molecule has 20 heavy (non-hydrogen) atoms. The van der Waals surface area contributed by atoms with Gasteiger partial charge in [0.1, 0.15) is 5.75 Å². The normalized spacial score (nSPS) is 18.9. The number of aryl methyl sites for hydroxylation is 1. The fraction of sp³-hybridized carbons (Fsp3) is 0.438. The van der Waals surface area contributed by atoms with Gasteiger partial charge in [0.05, 0.1) is 13.7 Å². The van der Waals surface area contributed by atoms with E-state index in [0.717, 1.165) is 44.8 Å². The summed E-state index contributed by atoms with van der Waals surface area (Å²) < 4.78 is 5.32. The molecule has 0 unspecified atom stereocenters. The molecule has 0 fully saturated rings. The second-order valence-electron chi connectivity index (χ2n) is 5.14. The summed E-state index contributed by atoms with van der Waals surface area (Å²) in [5, 5.41) is 6.94. The van der Waals surface area contributed by atoms with Crippen LogP contribution in [0, 0.1) is 0 Å². The molecular formula is C16H21N3O. The third kappa shape index (κ3) is 2.70. The maximum absolute atomic E-state index is 5.32. The van der Waals surface area contributed by atoms with Gasteiger partial charge in [-0.05, 0) is 42.2 Å². The van der Waals surface area contributed by atoms with Crippen molar-refractivity contribution in [3.05, 3.63) is 34.9 Å². The summed E-state index contributed by atoms with van der Waals surface area (Å²) in [7, 11) is 1.72. The average molecular weight is 271 g/mol. The molecule has 2 aliphatic rings. The fourth-order valence-corrected chi connectivity index (χ4v) is 2.77. The summed E-state index contributed by atoms with van der Waals surface area (Å²) in [6, 6.07) is 6.34. The van der Waals surface area contributed by atoms with Crippen LogP contribution in [0.25, 0.3) is 5.70 Å². The minimum atomic E-state index is 0.853. The molecular weight excluding hydrogens is 250 g/mol. The van der Waals surface area contributed by atoms with Gasteiger partial charge in [-0.3, -0.25) is 4.99 Å². The van der Waals surface area contributed by atoms with Crippen LogP contribution in [0.4, 0.5) is 0 Å². The molecule has 106 valence electrons. The van der Waals surface area contributed by atoms with E-state index in [1.54, 1.807) is 7.11 Å². The molecule has 0 radical (unpaired) electrons. The minimum absolute atomic E-state index is 0.853. The van der Waals surface area contributed by atoms with Crippen molar-refractivity contribution in [1.82, 2.24) is 10.6 Å². The van der Waals surface area contributed by atoms with Gasteiger partial charge in [0.15, 0.2) is 0 Å². The predicted octanol–water partition coefficient (Wildman–Crippen LogP) is 1.62.